The molecule has 0 saturated heterocycles. The van der Waals surface area contributed by atoms with Gasteiger partial charge in [-0.15, -0.1) is 11.3 Å². The lowest BCUT2D eigenvalue weighted by atomic mass is 9.97. The summed E-state index contributed by atoms with van der Waals surface area (Å²) in [5.74, 6) is 0.402. The average Bonchev–Trinajstić information content (AvgIpc) is 2.79. The second kappa shape index (κ2) is 7.36. The molecule has 110 valence electrons. The monoisotopic (exact) mass is 284 g/mol. The predicted octanol–water partition coefficient (Wildman–Crippen LogP) is 3.33. The molecule has 0 amide bonds. The zero-order valence-electron chi connectivity index (χ0n) is 12.9. The van der Waals surface area contributed by atoms with Gasteiger partial charge in [0.15, 0.2) is 0 Å². The number of nitrogens with one attached hydrogen (secondary N) is 1. The van der Waals surface area contributed by atoms with E-state index in [1.54, 1.807) is 11.3 Å². The molecule has 19 heavy (non-hydrogen) atoms. The van der Waals surface area contributed by atoms with E-state index in [2.05, 4.69) is 44.9 Å². The van der Waals surface area contributed by atoms with Gasteiger partial charge in [-0.1, -0.05) is 47.5 Å². The normalized spacial score (nSPS) is 14.1. The lowest BCUT2D eigenvalue weighted by molar-refractivity contribution is 0.101. The third kappa shape index (κ3) is 5.21. The summed E-state index contributed by atoms with van der Waals surface area (Å²) in [5.41, 5.74) is 0.123. The highest BCUT2D eigenvalue weighted by Crippen LogP contribution is 2.26. The van der Waals surface area contributed by atoms with Crippen molar-refractivity contribution in [1.29, 1.82) is 0 Å². The molecule has 0 fully saturated rings. The van der Waals surface area contributed by atoms with Gasteiger partial charge < -0.3 is 10.4 Å². The third-order valence-electron chi connectivity index (χ3n) is 3.44. The van der Waals surface area contributed by atoms with Crippen molar-refractivity contribution in [1.82, 2.24) is 10.3 Å². The first-order valence-corrected chi connectivity index (χ1v) is 8.04. The Hall–Kier alpha value is -0.450. The van der Waals surface area contributed by atoms with Gasteiger partial charge in [0, 0.05) is 29.6 Å². The van der Waals surface area contributed by atoms with Crippen LogP contribution >= 0.6 is 11.3 Å². The molecule has 0 bridgehead atoms. The fraction of sp³-hybridized carbons (Fsp3) is 0.800. The molecule has 1 unspecified atom stereocenters. The van der Waals surface area contributed by atoms with E-state index in [-0.39, 0.29) is 11.5 Å². The molecule has 0 aliphatic carbocycles. The van der Waals surface area contributed by atoms with Crippen LogP contribution in [0.1, 0.15) is 57.3 Å². The first kappa shape index (κ1) is 16.6. The van der Waals surface area contributed by atoms with E-state index < -0.39 is 0 Å². The Morgan fingerprint density at radius 1 is 1.32 bits per heavy atom. The van der Waals surface area contributed by atoms with E-state index in [0.717, 1.165) is 19.4 Å². The van der Waals surface area contributed by atoms with Gasteiger partial charge in [-0.25, -0.2) is 4.98 Å². The van der Waals surface area contributed by atoms with Crippen LogP contribution in [0.3, 0.4) is 0 Å². The molecule has 0 saturated carbocycles. The van der Waals surface area contributed by atoms with Crippen LogP contribution in [-0.2, 0) is 12.0 Å². The zero-order chi connectivity index (χ0) is 14.5. The molecule has 0 aliphatic rings. The van der Waals surface area contributed by atoms with E-state index in [1.165, 1.54) is 9.88 Å². The number of thiazole rings is 1. The fourth-order valence-electron chi connectivity index (χ4n) is 2.08. The number of nitrogens with zero attached hydrogens (tertiary/aromatic N) is 1. The van der Waals surface area contributed by atoms with Crippen LogP contribution in [0.2, 0.25) is 0 Å². The second-order valence-electron chi connectivity index (χ2n) is 6.16. The second-order valence-corrected chi connectivity index (χ2v) is 7.27. The maximum Gasteiger partial charge on any atom is 0.0981 e. The molecule has 0 aromatic carbocycles. The number of aliphatic hydroxyl groups excluding tert-OH is 1. The predicted molar refractivity (Wildman–Crippen MR) is 82.6 cm³/mol. The Kier molecular flexibility index (Phi) is 6.43. The summed E-state index contributed by atoms with van der Waals surface area (Å²) in [6.45, 7) is 12.3. The molecule has 0 radical (unpaired) electrons. The summed E-state index contributed by atoms with van der Waals surface area (Å²) in [5, 5.41) is 14.6. The van der Waals surface area contributed by atoms with Gasteiger partial charge in [0.25, 0.3) is 0 Å². The lowest BCUT2D eigenvalue weighted by Crippen LogP contribution is -2.32. The van der Waals surface area contributed by atoms with E-state index in [9.17, 15) is 5.11 Å². The van der Waals surface area contributed by atoms with Crippen molar-refractivity contribution in [2.45, 2.75) is 65.5 Å². The summed E-state index contributed by atoms with van der Waals surface area (Å²) in [4.78, 5) is 5.71. The first-order valence-electron chi connectivity index (χ1n) is 7.22. The summed E-state index contributed by atoms with van der Waals surface area (Å²) >= 11 is 1.76. The van der Waals surface area contributed by atoms with Crippen LogP contribution in [0.4, 0.5) is 0 Å². The highest BCUT2D eigenvalue weighted by Gasteiger charge is 2.18. The number of hydrogen-bond acceptors (Lipinski definition) is 4. The van der Waals surface area contributed by atoms with Crippen molar-refractivity contribution in [2.24, 2.45) is 5.92 Å². The highest BCUT2D eigenvalue weighted by molar-refractivity contribution is 7.11. The van der Waals surface area contributed by atoms with Gasteiger partial charge in [0.2, 0.25) is 0 Å². The van der Waals surface area contributed by atoms with Crippen molar-refractivity contribution in [3.8, 4) is 0 Å². The van der Waals surface area contributed by atoms with Crippen LogP contribution in [0.25, 0.3) is 0 Å². The maximum absolute atomic E-state index is 10.0. The Labute approximate surface area is 121 Å². The van der Waals surface area contributed by atoms with Crippen molar-refractivity contribution < 1.29 is 5.11 Å². The van der Waals surface area contributed by atoms with Crippen LogP contribution in [0.15, 0.2) is 6.20 Å². The largest absolute Gasteiger partial charge is 0.392 e. The van der Waals surface area contributed by atoms with Crippen molar-refractivity contribution in [2.75, 3.05) is 6.54 Å². The van der Waals surface area contributed by atoms with Gasteiger partial charge >= 0.3 is 0 Å². The standard InChI is InChI=1S/C15H28N2OS/c1-6-11(7-2)13(18)10-16-8-12-9-17-14(19-12)15(3,4)5/h9,11,13,16,18H,6-8,10H2,1-5H3. The smallest absolute Gasteiger partial charge is 0.0981 e. The molecule has 1 aromatic rings. The van der Waals surface area contributed by atoms with Gasteiger partial charge in [-0.2, -0.15) is 0 Å². The molecule has 2 N–H and O–H groups in total. The summed E-state index contributed by atoms with van der Waals surface area (Å²) in [6.07, 6.45) is 3.77. The van der Waals surface area contributed by atoms with Crippen LogP contribution in [0, 0.1) is 5.92 Å². The van der Waals surface area contributed by atoms with Gasteiger partial charge in [0.1, 0.15) is 0 Å². The molecule has 4 heteroatoms. The minimum Gasteiger partial charge on any atom is -0.392 e. The average molecular weight is 284 g/mol. The first-order chi connectivity index (χ1) is 8.88. The Morgan fingerprint density at radius 2 is 1.95 bits per heavy atom. The zero-order valence-corrected chi connectivity index (χ0v) is 13.7. The number of hydrogen-bond donors (Lipinski definition) is 2. The van der Waals surface area contributed by atoms with Crippen molar-refractivity contribution in [3.05, 3.63) is 16.1 Å². The van der Waals surface area contributed by atoms with E-state index >= 15 is 0 Å². The SMILES string of the molecule is CCC(CC)C(O)CNCc1cnc(C(C)(C)C)s1. The van der Waals surface area contributed by atoms with Crippen molar-refractivity contribution >= 4 is 11.3 Å². The molecule has 0 spiro atoms. The molecule has 1 heterocycles. The molecular weight excluding hydrogens is 256 g/mol. The number of rotatable bonds is 7. The van der Waals surface area contributed by atoms with Gasteiger partial charge in [0.05, 0.1) is 11.1 Å². The Bertz CT molecular complexity index is 366. The van der Waals surface area contributed by atoms with Gasteiger partial charge in [-0.05, 0) is 5.92 Å². The van der Waals surface area contributed by atoms with E-state index in [1.807, 2.05) is 6.20 Å². The maximum atomic E-state index is 10.0. The summed E-state index contributed by atoms with van der Waals surface area (Å²) in [7, 11) is 0. The Morgan fingerprint density at radius 3 is 2.42 bits per heavy atom. The molecule has 1 atom stereocenters. The summed E-state index contributed by atoms with van der Waals surface area (Å²) < 4.78 is 0. The highest BCUT2D eigenvalue weighted by atomic mass is 32.1. The number of aliphatic hydroxyl groups is 1. The van der Waals surface area contributed by atoms with Crippen molar-refractivity contribution in [3.63, 3.8) is 0 Å². The minimum atomic E-state index is -0.245. The van der Waals surface area contributed by atoms with E-state index in [4.69, 9.17) is 0 Å². The summed E-state index contributed by atoms with van der Waals surface area (Å²) in [6, 6.07) is 0. The van der Waals surface area contributed by atoms with E-state index in [0.29, 0.717) is 12.5 Å². The quantitative estimate of drug-likeness (QED) is 0.807. The van der Waals surface area contributed by atoms with Gasteiger partial charge in [-0.3, -0.25) is 0 Å². The molecule has 1 rings (SSSR count). The molecular formula is C15H28N2OS. The molecule has 3 nitrogen and oxygen atoms in total. The Balaban J connectivity index is 2.39. The minimum absolute atomic E-state index is 0.123. The molecule has 1 aromatic heterocycles. The lowest BCUT2D eigenvalue weighted by Gasteiger charge is -2.20. The topological polar surface area (TPSA) is 45.1 Å². The molecule has 0 aliphatic heterocycles. The van der Waals surface area contributed by atoms with Crippen LogP contribution in [0.5, 0.6) is 0 Å². The van der Waals surface area contributed by atoms with Crippen LogP contribution < -0.4 is 5.32 Å². The fourth-order valence-corrected chi connectivity index (χ4v) is 3.02. The third-order valence-corrected chi connectivity index (χ3v) is 4.86. The van der Waals surface area contributed by atoms with Crippen LogP contribution in [-0.4, -0.2) is 22.7 Å². The number of aromatic nitrogens is 1.